The molecule has 1 atom stereocenters. The molecular formula is C25H29F3N4O2. The van der Waals surface area contributed by atoms with Crippen LogP contribution in [0.5, 0.6) is 0 Å². The van der Waals surface area contributed by atoms with E-state index in [1.165, 1.54) is 12.1 Å². The number of benzene rings is 2. The largest absolute Gasteiger partial charge is 0.471 e. The van der Waals surface area contributed by atoms with Gasteiger partial charge in [-0.2, -0.15) is 13.2 Å². The third-order valence-corrected chi connectivity index (χ3v) is 5.56. The first-order valence-corrected chi connectivity index (χ1v) is 11.4. The van der Waals surface area contributed by atoms with Crippen LogP contribution < -0.4 is 15.5 Å². The predicted octanol–water partition coefficient (Wildman–Crippen LogP) is 5.04. The number of hydrogen-bond donors (Lipinski definition) is 2. The quantitative estimate of drug-likeness (QED) is 0.500. The van der Waals surface area contributed by atoms with Crippen LogP contribution in [0.4, 0.5) is 24.5 Å². The van der Waals surface area contributed by atoms with Gasteiger partial charge in [-0.1, -0.05) is 57.0 Å². The summed E-state index contributed by atoms with van der Waals surface area (Å²) in [5.41, 5.74) is 1.98. The first-order chi connectivity index (χ1) is 16.3. The number of halogens is 3. The summed E-state index contributed by atoms with van der Waals surface area (Å²) in [7, 11) is 0. The molecular weight excluding hydrogens is 445 g/mol. The molecule has 6 nitrogen and oxygen atoms in total. The Labute approximate surface area is 197 Å². The van der Waals surface area contributed by atoms with Gasteiger partial charge < -0.3 is 15.5 Å². The number of rotatable bonds is 9. The number of carbonyl (C=O) groups excluding carboxylic acids is 2. The standard InChI is InChI=1S/C25H29F3N4O2/c1-3-5-15-29-23(33)21(10-4-2)32-20-14-9-6-11-17(20)16-30-22(32)18-12-7-8-13-19(18)31-24(34)25(26,27)28/h6-9,11-14,21H,3-5,10,15-16H2,1-2H3,(H,29,33)(H,31,34). The normalized spacial score (nSPS) is 14.1. The summed E-state index contributed by atoms with van der Waals surface area (Å²) >= 11 is 0. The Hall–Kier alpha value is -3.36. The highest BCUT2D eigenvalue weighted by Crippen LogP contribution is 2.33. The minimum absolute atomic E-state index is 0.0189. The SMILES string of the molecule is CCCCNC(=O)C(CCC)N1C(c2ccccc2NC(=O)C(F)(F)F)=NCc2ccccc21. The third kappa shape index (κ3) is 5.76. The van der Waals surface area contributed by atoms with Gasteiger partial charge in [0.25, 0.3) is 0 Å². The molecule has 182 valence electrons. The molecule has 3 rings (SSSR count). The number of unbranched alkanes of at least 4 members (excludes halogenated alkanes) is 1. The summed E-state index contributed by atoms with van der Waals surface area (Å²) < 4.78 is 38.9. The maximum absolute atomic E-state index is 13.3. The molecule has 0 spiro atoms. The number of carbonyl (C=O) groups is 2. The maximum Gasteiger partial charge on any atom is 0.471 e. The molecule has 0 saturated carbocycles. The molecule has 0 bridgehead atoms. The van der Waals surface area contributed by atoms with Gasteiger partial charge >= 0.3 is 12.1 Å². The average Bonchev–Trinajstić information content (AvgIpc) is 2.82. The summed E-state index contributed by atoms with van der Waals surface area (Å²) in [4.78, 5) is 31.4. The van der Waals surface area contributed by atoms with E-state index in [4.69, 9.17) is 0 Å². The summed E-state index contributed by atoms with van der Waals surface area (Å²) in [5, 5.41) is 4.94. The molecule has 2 N–H and O–H groups in total. The minimum atomic E-state index is -5.03. The first-order valence-electron chi connectivity index (χ1n) is 11.4. The van der Waals surface area contributed by atoms with Gasteiger partial charge in [0.2, 0.25) is 5.91 Å². The zero-order chi connectivity index (χ0) is 24.7. The monoisotopic (exact) mass is 474 g/mol. The molecule has 34 heavy (non-hydrogen) atoms. The van der Waals surface area contributed by atoms with E-state index in [-0.39, 0.29) is 11.6 Å². The van der Waals surface area contributed by atoms with Crippen molar-refractivity contribution in [3.8, 4) is 0 Å². The molecule has 0 fully saturated rings. The van der Waals surface area contributed by atoms with E-state index in [1.807, 2.05) is 43.4 Å². The van der Waals surface area contributed by atoms with Gasteiger partial charge in [0.05, 0.1) is 12.2 Å². The molecule has 0 radical (unpaired) electrons. The van der Waals surface area contributed by atoms with Crippen molar-refractivity contribution in [2.24, 2.45) is 4.99 Å². The molecule has 1 aliphatic heterocycles. The fourth-order valence-electron chi connectivity index (χ4n) is 3.90. The van der Waals surface area contributed by atoms with Crippen LogP contribution in [0, 0.1) is 0 Å². The lowest BCUT2D eigenvalue weighted by atomic mass is 10.00. The fourth-order valence-corrected chi connectivity index (χ4v) is 3.90. The van der Waals surface area contributed by atoms with Gasteiger partial charge in [0.15, 0.2) is 0 Å². The lowest BCUT2D eigenvalue weighted by molar-refractivity contribution is -0.167. The average molecular weight is 475 g/mol. The Morgan fingerprint density at radius 1 is 1.06 bits per heavy atom. The van der Waals surface area contributed by atoms with Crippen molar-refractivity contribution in [3.63, 3.8) is 0 Å². The molecule has 1 unspecified atom stereocenters. The number of aliphatic imine (C=N–C) groups is 1. The highest BCUT2D eigenvalue weighted by molar-refractivity contribution is 6.18. The molecule has 0 saturated heterocycles. The topological polar surface area (TPSA) is 73.8 Å². The number of fused-ring (bicyclic) bond motifs is 1. The van der Waals surface area contributed by atoms with Gasteiger partial charge in [0.1, 0.15) is 11.9 Å². The van der Waals surface area contributed by atoms with Gasteiger partial charge in [-0.05, 0) is 36.6 Å². The van der Waals surface area contributed by atoms with Crippen LogP contribution in [-0.2, 0) is 16.1 Å². The maximum atomic E-state index is 13.3. The number of hydrogen-bond acceptors (Lipinski definition) is 4. The second-order valence-electron chi connectivity index (χ2n) is 8.09. The number of amidine groups is 1. The van der Waals surface area contributed by atoms with E-state index < -0.39 is 18.1 Å². The lowest BCUT2D eigenvalue weighted by Gasteiger charge is -2.37. The van der Waals surface area contributed by atoms with E-state index in [0.29, 0.717) is 37.3 Å². The zero-order valence-electron chi connectivity index (χ0n) is 19.3. The van der Waals surface area contributed by atoms with Crippen LogP contribution in [0.25, 0.3) is 0 Å². The van der Waals surface area contributed by atoms with E-state index in [0.717, 1.165) is 24.1 Å². The Bertz CT molecular complexity index is 1050. The van der Waals surface area contributed by atoms with Gasteiger partial charge in [-0.25, -0.2) is 0 Å². The second-order valence-corrected chi connectivity index (χ2v) is 8.09. The second kappa shape index (κ2) is 11.2. The highest BCUT2D eigenvalue weighted by atomic mass is 19.4. The van der Waals surface area contributed by atoms with Gasteiger partial charge in [-0.3, -0.25) is 14.6 Å². The Morgan fingerprint density at radius 2 is 1.76 bits per heavy atom. The Kier molecular flexibility index (Phi) is 8.31. The van der Waals surface area contributed by atoms with Crippen molar-refractivity contribution < 1.29 is 22.8 Å². The zero-order valence-corrected chi connectivity index (χ0v) is 19.3. The lowest BCUT2D eigenvalue weighted by Crippen LogP contribution is -2.51. The van der Waals surface area contributed by atoms with Crippen LogP contribution >= 0.6 is 0 Å². The molecule has 2 aromatic carbocycles. The molecule has 1 aliphatic rings. The highest BCUT2D eigenvalue weighted by Gasteiger charge is 2.40. The summed E-state index contributed by atoms with van der Waals surface area (Å²) in [6.07, 6.45) is -2.02. The van der Waals surface area contributed by atoms with Crippen LogP contribution in [0.15, 0.2) is 53.5 Å². The minimum Gasteiger partial charge on any atom is -0.354 e. The van der Waals surface area contributed by atoms with E-state index in [9.17, 15) is 22.8 Å². The van der Waals surface area contributed by atoms with Crippen molar-refractivity contribution in [2.45, 2.75) is 58.3 Å². The van der Waals surface area contributed by atoms with Crippen molar-refractivity contribution in [1.82, 2.24) is 5.32 Å². The molecule has 0 aromatic heterocycles. The summed E-state index contributed by atoms with van der Waals surface area (Å²) in [6.45, 7) is 4.85. The molecule has 1 heterocycles. The van der Waals surface area contributed by atoms with Crippen LogP contribution in [0.1, 0.15) is 50.7 Å². The number of nitrogens with zero attached hydrogens (tertiary/aromatic N) is 2. The summed E-state index contributed by atoms with van der Waals surface area (Å²) in [5.74, 6) is -1.89. The van der Waals surface area contributed by atoms with Crippen molar-refractivity contribution >= 4 is 29.0 Å². The van der Waals surface area contributed by atoms with Crippen LogP contribution in [-0.4, -0.2) is 36.4 Å². The smallest absolute Gasteiger partial charge is 0.354 e. The summed E-state index contributed by atoms with van der Waals surface area (Å²) in [6, 6.07) is 13.1. The number of amides is 2. The molecule has 0 aliphatic carbocycles. The van der Waals surface area contributed by atoms with E-state index in [2.05, 4.69) is 10.3 Å². The van der Waals surface area contributed by atoms with Crippen molar-refractivity contribution in [1.29, 1.82) is 0 Å². The Balaban J connectivity index is 2.07. The predicted molar refractivity (Wildman–Crippen MR) is 127 cm³/mol. The number of anilines is 2. The van der Waals surface area contributed by atoms with E-state index >= 15 is 0 Å². The fraction of sp³-hybridized carbons (Fsp3) is 0.400. The number of nitrogens with one attached hydrogen (secondary N) is 2. The van der Waals surface area contributed by atoms with Gasteiger partial charge in [-0.15, -0.1) is 0 Å². The Morgan fingerprint density at radius 3 is 2.47 bits per heavy atom. The van der Waals surface area contributed by atoms with Gasteiger partial charge in [0, 0.05) is 17.8 Å². The van der Waals surface area contributed by atoms with Crippen molar-refractivity contribution in [3.05, 3.63) is 59.7 Å². The van der Waals surface area contributed by atoms with Crippen LogP contribution in [0.3, 0.4) is 0 Å². The molecule has 2 aromatic rings. The number of para-hydroxylation sites is 2. The first kappa shape index (κ1) is 25.3. The molecule has 9 heteroatoms. The van der Waals surface area contributed by atoms with Crippen LogP contribution in [0.2, 0.25) is 0 Å². The molecule has 2 amide bonds. The van der Waals surface area contributed by atoms with E-state index in [1.54, 1.807) is 17.0 Å². The number of alkyl halides is 3. The van der Waals surface area contributed by atoms with Crippen molar-refractivity contribution in [2.75, 3.05) is 16.8 Å². The third-order valence-electron chi connectivity index (χ3n) is 5.56.